The number of sulfonamides is 1. The van der Waals surface area contributed by atoms with Gasteiger partial charge in [0.25, 0.3) is 0 Å². The van der Waals surface area contributed by atoms with Crippen LogP contribution in [0.4, 0.5) is 0 Å². The summed E-state index contributed by atoms with van der Waals surface area (Å²) in [6, 6.07) is 6.60. The molecule has 0 aliphatic heterocycles. The number of aromatic nitrogens is 2. The fraction of sp³-hybridized carbons (Fsp3) is 0.308. The van der Waals surface area contributed by atoms with Gasteiger partial charge in [0, 0.05) is 18.6 Å². The van der Waals surface area contributed by atoms with Gasteiger partial charge in [-0.3, -0.25) is 4.68 Å². The smallest absolute Gasteiger partial charge is 0.243 e. The lowest BCUT2D eigenvalue weighted by Gasteiger charge is -2.16. The third kappa shape index (κ3) is 3.48. The Morgan fingerprint density at radius 3 is 2.57 bits per heavy atom. The van der Waals surface area contributed by atoms with E-state index < -0.39 is 10.0 Å². The van der Waals surface area contributed by atoms with Crippen molar-refractivity contribution in [3.8, 4) is 0 Å². The second-order valence-corrected chi connectivity index (χ2v) is 8.04. The minimum absolute atomic E-state index is 0.165. The molecule has 1 aromatic carbocycles. The molecule has 0 unspecified atom stereocenters. The van der Waals surface area contributed by atoms with Crippen LogP contribution in [0.3, 0.4) is 0 Å². The highest BCUT2D eigenvalue weighted by atomic mass is 79.9. The summed E-state index contributed by atoms with van der Waals surface area (Å²) in [5.74, 6) is 0. The molecule has 0 fully saturated rings. The number of rotatable bonds is 4. The van der Waals surface area contributed by atoms with Gasteiger partial charge in [-0.05, 0) is 36.8 Å². The first-order valence-corrected chi connectivity index (χ1v) is 8.74. The zero-order valence-corrected chi connectivity index (χ0v) is 15.0. The Balaban J connectivity index is 2.27. The molecule has 0 bridgehead atoms. The third-order valence-corrected chi connectivity index (χ3v) is 6.14. The highest BCUT2D eigenvalue weighted by Gasteiger charge is 2.22. The second kappa shape index (κ2) is 6.08. The van der Waals surface area contributed by atoms with Crippen molar-refractivity contribution in [3.05, 3.63) is 45.1 Å². The van der Waals surface area contributed by atoms with Crippen LogP contribution >= 0.6 is 27.5 Å². The Morgan fingerprint density at radius 2 is 2.05 bits per heavy atom. The molecule has 1 aromatic heterocycles. The summed E-state index contributed by atoms with van der Waals surface area (Å²) in [5, 5.41) is 4.63. The van der Waals surface area contributed by atoms with E-state index in [0.29, 0.717) is 10.8 Å². The van der Waals surface area contributed by atoms with E-state index in [-0.39, 0.29) is 11.4 Å². The van der Waals surface area contributed by atoms with E-state index in [0.717, 1.165) is 10.0 Å². The Labute approximate surface area is 137 Å². The normalized spacial score (nSPS) is 12.1. The molecule has 0 radical (unpaired) electrons. The van der Waals surface area contributed by atoms with Crippen molar-refractivity contribution < 1.29 is 8.42 Å². The first-order chi connectivity index (χ1) is 9.71. The summed E-state index contributed by atoms with van der Waals surface area (Å²) < 4.78 is 28.7. The molecule has 114 valence electrons. The van der Waals surface area contributed by atoms with Crippen molar-refractivity contribution in [2.75, 3.05) is 7.05 Å². The van der Waals surface area contributed by atoms with Crippen LogP contribution in [-0.2, 0) is 23.6 Å². The van der Waals surface area contributed by atoms with Gasteiger partial charge in [-0.1, -0.05) is 27.5 Å². The Kier molecular flexibility index (Phi) is 4.77. The van der Waals surface area contributed by atoms with Crippen molar-refractivity contribution in [2.45, 2.75) is 18.4 Å². The van der Waals surface area contributed by atoms with Crippen LogP contribution in [0.2, 0.25) is 5.15 Å². The first kappa shape index (κ1) is 16.5. The van der Waals surface area contributed by atoms with Gasteiger partial charge in [-0.2, -0.15) is 9.40 Å². The Morgan fingerprint density at radius 1 is 1.38 bits per heavy atom. The molecule has 0 amide bonds. The van der Waals surface area contributed by atoms with Crippen LogP contribution in [0.15, 0.2) is 33.6 Å². The molecule has 2 rings (SSSR count). The van der Waals surface area contributed by atoms with Crippen molar-refractivity contribution in [1.82, 2.24) is 14.1 Å². The monoisotopic (exact) mass is 391 g/mol. The van der Waals surface area contributed by atoms with E-state index in [4.69, 9.17) is 11.6 Å². The summed E-state index contributed by atoms with van der Waals surface area (Å²) in [7, 11) is -0.330. The zero-order valence-electron chi connectivity index (χ0n) is 11.8. The lowest BCUT2D eigenvalue weighted by molar-refractivity contribution is 0.460. The van der Waals surface area contributed by atoms with E-state index in [1.54, 1.807) is 31.3 Å². The molecule has 21 heavy (non-hydrogen) atoms. The Hall–Kier alpha value is -0.890. The van der Waals surface area contributed by atoms with Gasteiger partial charge in [0.1, 0.15) is 5.15 Å². The maximum Gasteiger partial charge on any atom is 0.243 e. The van der Waals surface area contributed by atoms with Gasteiger partial charge in [-0.15, -0.1) is 0 Å². The lowest BCUT2D eigenvalue weighted by atomic mass is 10.2. The average Bonchev–Trinajstić information content (AvgIpc) is 2.71. The molecule has 1 heterocycles. The molecule has 2 aromatic rings. The second-order valence-electron chi connectivity index (χ2n) is 4.75. The predicted octanol–water partition coefficient (Wildman–Crippen LogP) is 2.97. The SMILES string of the molecule is Cc1cc(S(=O)(=O)N(C)Cc2cc(Cl)n(C)n2)ccc1Br. The molecule has 0 N–H and O–H groups in total. The van der Waals surface area contributed by atoms with Gasteiger partial charge in [0.2, 0.25) is 10.0 Å². The average molecular weight is 393 g/mol. The number of aryl methyl sites for hydroxylation is 2. The van der Waals surface area contributed by atoms with Crippen LogP contribution in [0.5, 0.6) is 0 Å². The lowest BCUT2D eigenvalue weighted by Crippen LogP contribution is -2.26. The molecule has 0 aliphatic carbocycles. The van der Waals surface area contributed by atoms with E-state index in [1.807, 2.05) is 6.92 Å². The highest BCUT2D eigenvalue weighted by molar-refractivity contribution is 9.10. The van der Waals surface area contributed by atoms with Crippen LogP contribution < -0.4 is 0 Å². The van der Waals surface area contributed by atoms with Gasteiger partial charge < -0.3 is 0 Å². The zero-order chi connectivity index (χ0) is 15.8. The fourth-order valence-corrected chi connectivity index (χ4v) is 3.49. The molecule has 0 saturated carbocycles. The first-order valence-electron chi connectivity index (χ1n) is 6.12. The van der Waals surface area contributed by atoms with E-state index >= 15 is 0 Å². The van der Waals surface area contributed by atoms with Crippen LogP contribution in [-0.4, -0.2) is 29.6 Å². The molecule has 5 nitrogen and oxygen atoms in total. The molecule has 0 atom stereocenters. The minimum atomic E-state index is -3.56. The van der Waals surface area contributed by atoms with Crippen molar-refractivity contribution in [2.24, 2.45) is 7.05 Å². The Bertz CT molecular complexity index is 754. The summed E-state index contributed by atoms with van der Waals surface area (Å²) in [4.78, 5) is 0.257. The molecule has 0 aliphatic rings. The summed E-state index contributed by atoms with van der Waals surface area (Å²) in [6.45, 7) is 2.01. The number of nitrogens with zero attached hydrogens (tertiary/aromatic N) is 3. The van der Waals surface area contributed by atoms with E-state index in [1.165, 1.54) is 16.0 Å². The number of hydrogen-bond acceptors (Lipinski definition) is 3. The topological polar surface area (TPSA) is 55.2 Å². The maximum absolute atomic E-state index is 12.5. The van der Waals surface area contributed by atoms with Gasteiger partial charge >= 0.3 is 0 Å². The molecular weight excluding hydrogens is 378 g/mol. The summed E-state index contributed by atoms with van der Waals surface area (Å²) in [6.07, 6.45) is 0. The number of benzene rings is 1. The van der Waals surface area contributed by atoms with Crippen molar-refractivity contribution in [3.63, 3.8) is 0 Å². The van der Waals surface area contributed by atoms with Gasteiger partial charge in [0.15, 0.2) is 0 Å². The molecular formula is C13H15BrClN3O2S. The van der Waals surface area contributed by atoms with Crippen molar-refractivity contribution >= 4 is 37.6 Å². The fourth-order valence-electron chi connectivity index (χ4n) is 1.85. The summed E-state index contributed by atoms with van der Waals surface area (Å²) >= 11 is 9.27. The number of halogens is 2. The molecule has 8 heteroatoms. The predicted molar refractivity (Wildman–Crippen MR) is 85.7 cm³/mol. The minimum Gasteiger partial charge on any atom is -0.257 e. The van der Waals surface area contributed by atoms with Crippen LogP contribution in [0, 0.1) is 6.92 Å². The molecule has 0 saturated heterocycles. The van der Waals surface area contributed by atoms with Crippen LogP contribution in [0.1, 0.15) is 11.3 Å². The third-order valence-electron chi connectivity index (χ3n) is 3.10. The van der Waals surface area contributed by atoms with E-state index in [2.05, 4.69) is 21.0 Å². The van der Waals surface area contributed by atoms with Crippen molar-refractivity contribution in [1.29, 1.82) is 0 Å². The summed E-state index contributed by atoms with van der Waals surface area (Å²) in [5.41, 5.74) is 1.47. The number of hydrogen-bond donors (Lipinski definition) is 0. The quantitative estimate of drug-likeness (QED) is 0.804. The van der Waals surface area contributed by atoms with Gasteiger partial charge in [-0.25, -0.2) is 8.42 Å². The molecule has 0 spiro atoms. The highest BCUT2D eigenvalue weighted by Crippen LogP contribution is 2.23. The van der Waals surface area contributed by atoms with Crippen LogP contribution in [0.25, 0.3) is 0 Å². The largest absolute Gasteiger partial charge is 0.257 e. The van der Waals surface area contributed by atoms with Gasteiger partial charge in [0.05, 0.1) is 17.1 Å². The maximum atomic E-state index is 12.5. The standard InChI is InChI=1S/C13H15BrClN3O2S/c1-9-6-11(4-5-12(9)14)21(19,20)17(2)8-10-7-13(15)18(3)16-10/h4-7H,8H2,1-3H3. The van der Waals surface area contributed by atoms with E-state index in [9.17, 15) is 8.42 Å².